The maximum absolute atomic E-state index is 12.5. The number of piperazine rings is 1. The van der Waals surface area contributed by atoms with Crippen molar-refractivity contribution < 1.29 is 23.8 Å². The Bertz CT molecular complexity index is 873. The molecule has 0 aromatic heterocycles. The van der Waals surface area contributed by atoms with Gasteiger partial charge in [0, 0.05) is 37.4 Å². The first-order valence-electron chi connectivity index (χ1n) is 9.97. The van der Waals surface area contributed by atoms with Crippen LogP contribution in [0.4, 0.5) is 5.69 Å². The van der Waals surface area contributed by atoms with Crippen LogP contribution in [0.25, 0.3) is 0 Å². The van der Waals surface area contributed by atoms with Crippen molar-refractivity contribution >= 4 is 17.5 Å². The van der Waals surface area contributed by atoms with Crippen molar-refractivity contribution in [1.29, 1.82) is 0 Å². The van der Waals surface area contributed by atoms with Crippen molar-refractivity contribution in [1.82, 2.24) is 15.8 Å². The molecule has 0 unspecified atom stereocenters. The predicted octanol–water partition coefficient (Wildman–Crippen LogP) is 1.30. The number of benzene rings is 2. The first kappa shape index (κ1) is 22.2. The van der Waals surface area contributed by atoms with E-state index in [1.807, 2.05) is 18.2 Å². The van der Waals surface area contributed by atoms with E-state index >= 15 is 0 Å². The normalized spacial score (nSPS) is 14.0. The number of rotatable bonds is 7. The summed E-state index contributed by atoms with van der Waals surface area (Å²) in [6, 6.07) is 13.2. The molecule has 0 bridgehead atoms. The van der Waals surface area contributed by atoms with Gasteiger partial charge in [-0.05, 0) is 24.3 Å². The lowest BCUT2D eigenvalue weighted by molar-refractivity contribution is -0.123. The average molecular weight is 428 g/mol. The smallest absolute Gasteiger partial charge is 0.269 e. The standard InChI is InChI=1S/C22H28N4O5/c1-29-18-13-16(14-19(30-2)21(18)31-3)22(28)24-23-20(27)15-25-9-11-26(12-10-25)17-7-5-4-6-8-17/h4-8,13-14H,9-12,15H2,1-3H3,(H,23,27)(H,24,28). The van der Waals surface area contributed by atoms with Gasteiger partial charge in [0.1, 0.15) is 0 Å². The zero-order chi connectivity index (χ0) is 22.2. The van der Waals surface area contributed by atoms with Crippen molar-refractivity contribution in [3.63, 3.8) is 0 Å². The number of carbonyl (C=O) groups excluding carboxylic acids is 2. The second-order valence-corrected chi connectivity index (χ2v) is 7.02. The van der Waals surface area contributed by atoms with Gasteiger partial charge in [-0.1, -0.05) is 18.2 Å². The number of nitrogens with zero attached hydrogens (tertiary/aromatic N) is 2. The molecule has 2 aromatic carbocycles. The summed E-state index contributed by atoms with van der Waals surface area (Å²) in [7, 11) is 4.43. The zero-order valence-corrected chi connectivity index (χ0v) is 18.0. The van der Waals surface area contributed by atoms with Crippen LogP contribution in [0, 0.1) is 0 Å². The van der Waals surface area contributed by atoms with E-state index in [0.717, 1.165) is 26.2 Å². The van der Waals surface area contributed by atoms with Gasteiger partial charge in [-0.25, -0.2) is 0 Å². The van der Waals surface area contributed by atoms with Crippen LogP contribution in [0.15, 0.2) is 42.5 Å². The predicted molar refractivity (Wildman–Crippen MR) is 117 cm³/mol. The Balaban J connectivity index is 1.49. The molecule has 0 atom stereocenters. The molecule has 2 N–H and O–H groups in total. The molecule has 1 fully saturated rings. The number of amides is 2. The average Bonchev–Trinajstić information content (AvgIpc) is 2.82. The van der Waals surface area contributed by atoms with Crippen molar-refractivity contribution in [2.45, 2.75) is 0 Å². The first-order chi connectivity index (χ1) is 15.0. The molecule has 0 saturated carbocycles. The number of hydrazine groups is 1. The minimum absolute atomic E-state index is 0.207. The Kier molecular flexibility index (Phi) is 7.55. The van der Waals surface area contributed by atoms with Gasteiger partial charge in [0.15, 0.2) is 11.5 Å². The lowest BCUT2D eigenvalue weighted by Gasteiger charge is -2.35. The van der Waals surface area contributed by atoms with E-state index in [-0.39, 0.29) is 18.0 Å². The molecule has 2 amide bonds. The largest absolute Gasteiger partial charge is 0.493 e. The van der Waals surface area contributed by atoms with Crippen LogP contribution in [0.1, 0.15) is 10.4 Å². The first-order valence-corrected chi connectivity index (χ1v) is 9.97. The van der Waals surface area contributed by atoms with Crippen molar-refractivity contribution in [2.75, 3.05) is 59.0 Å². The second-order valence-electron chi connectivity index (χ2n) is 7.02. The lowest BCUT2D eigenvalue weighted by Crippen LogP contribution is -2.52. The molecule has 2 aromatic rings. The number of carbonyl (C=O) groups is 2. The van der Waals surface area contributed by atoms with Crippen LogP contribution < -0.4 is 30.0 Å². The number of ether oxygens (including phenoxy) is 3. The maximum atomic E-state index is 12.5. The third-order valence-electron chi connectivity index (χ3n) is 5.10. The molecule has 0 radical (unpaired) electrons. The Hall–Kier alpha value is -3.46. The summed E-state index contributed by atoms with van der Waals surface area (Å²) in [6.45, 7) is 3.43. The molecular weight excluding hydrogens is 400 g/mol. The molecule has 9 heteroatoms. The molecule has 0 aliphatic carbocycles. The van der Waals surface area contributed by atoms with Crippen LogP contribution >= 0.6 is 0 Å². The molecule has 3 rings (SSSR count). The third-order valence-corrected chi connectivity index (χ3v) is 5.10. The van der Waals surface area contributed by atoms with E-state index in [9.17, 15) is 9.59 Å². The number of nitrogens with one attached hydrogen (secondary N) is 2. The maximum Gasteiger partial charge on any atom is 0.269 e. The molecule has 166 valence electrons. The highest BCUT2D eigenvalue weighted by molar-refractivity contribution is 5.96. The zero-order valence-electron chi connectivity index (χ0n) is 18.0. The van der Waals surface area contributed by atoms with E-state index in [0.29, 0.717) is 17.2 Å². The summed E-state index contributed by atoms with van der Waals surface area (Å²) in [5.74, 6) is 0.333. The molecule has 31 heavy (non-hydrogen) atoms. The summed E-state index contributed by atoms with van der Waals surface area (Å²) in [5, 5.41) is 0. The van der Waals surface area contributed by atoms with Crippen molar-refractivity contribution in [3.8, 4) is 17.2 Å². The minimum Gasteiger partial charge on any atom is -0.493 e. The molecule has 9 nitrogen and oxygen atoms in total. The highest BCUT2D eigenvalue weighted by Gasteiger charge is 2.20. The molecular formula is C22H28N4O5. The number of methoxy groups -OCH3 is 3. The second kappa shape index (κ2) is 10.5. The van der Waals surface area contributed by atoms with E-state index in [2.05, 4.69) is 32.8 Å². The number of anilines is 1. The van der Waals surface area contributed by atoms with Gasteiger partial charge in [0.05, 0.1) is 27.9 Å². The Morgan fingerprint density at radius 2 is 1.48 bits per heavy atom. The lowest BCUT2D eigenvalue weighted by atomic mass is 10.1. The molecule has 1 aliphatic rings. The topological polar surface area (TPSA) is 92.4 Å². The van der Waals surface area contributed by atoms with Gasteiger partial charge < -0.3 is 19.1 Å². The summed E-state index contributed by atoms with van der Waals surface area (Å²) >= 11 is 0. The fourth-order valence-electron chi connectivity index (χ4n) is 3.46. The SMILES string of the molecule is COc1cc(C(=O)NNC(=O)CN2CCN(c3ccccc3)CC2)cc(OC)c1OC. The monoisotopic (exact) mass is 428 g/mol. The quantitative estimate of drug-likeness (QED) is 0.642. The van der Waals surface area contributed by atoms with Crippen LogP contribution in [0.3, 0.4) is 0 Å². The van der Waals surface area contributed by atoms with Crippen LogP contribution in [0.2, 0.25) is 0 Å². The number of hydrogen-bond acceptors (Lipinski definition) is 7. The van der Waals surface area contributed by atoms with Gasteiger partial charge >= 0.3 is 0 Å². The van der Waals surface area contributed by atoms with Gasteiger partial charge in [-0.15, -0.1) is 0 Å². The molecule has 0 spiro atoms. The Labute approximate surface area is 181 Å². The van der Waals surface area contributed by atoms with Gasteiger partial charge in [0.25, 0.3) is 11.8 Å². The number of para-hydroxylation sites is 1. The third kappa shape index (κ3) is 5.58. The van der Waals surface area contributed by atoms with Crippen molar-refractivity contribution in [2.24, 2.45) is 0 Å². The van der Waals surface area contributed by atoms with Gasteiger partial charge in [-0.3, -0.25) is 25.3 Å². The van der Waals surface area contributed by atoms with Crippen LogP contribution in [-0.4, -0.2) is 70.8 Å². The molecule has 1 aliphatic heterocycles. The highest BCUT2D eigenvalue weighted by atomic mass is 16.5. The minimum atomic E-state index is -0.485. The van der Waals surface area contributed by atoms with E-state index in [4.69, 9.17) is 14.2 Å². The van der Waals surface area contributed by atoms with Gasteiger partial charge in [-0.2, -0.15) is 0 Å². The highest BCUT2D eigenvalue weighted by Crippen LogP contribution is 2.38. The van der Waals surface area contributed by atoms with Crippen molar-refractivity contribution in [3.05, 3.63) is 48.0 Å². The molecule has 1 heterocycles. The van der Waals surface area contributed by atoms with E-state index in [1.165, 1.54) is 39.1 Å². The van der Waals surface area contributed by atoms with E-state index in [1.54, 1.807) is 0 Å². The fourth-order valence-corrected chi connectivity index (χ4v) is 3.46. The summed E-state index contributed by atoms with van der Waals surface area (Å²) in [4.78, 5) is 29.1. The van der Waals surface area contributed by atoms with E-state index < -0.39 is 5.91 Å². The van der Waals surface area contributed by atoms with Crippen LogP contribution in [-0.2, 0) is 4.79 Å². The fraction of sp³-hybridized carbons (Fsp3) is 0.364. The Morgan fingerprint density at radius 3 is 2.03 bits per heavy atom. The van der Waals surface area contributed by atoms with Gasteiger partial charge in [0.2, 0.25) is 5.75 Å². The van der Waals surface area contributed by atoms with Crippen LogP contribution in [0.5, 0.6) is 17.2 Å². The summed E-state index contributed by atoms with van der Waals surface area (Å²) < 4.78 is 15.8. The number of hydrogen-bond donors (Lipinski definition) is 2. The summed E-state index contributed by atoms with van der Waals surface area (Å²) in [5.41, 5.74) is 6.36. The summed E-state index contributed by atoms with van der Waals surface area (Å²) in [6.07, 6.45) is 0. The Morgan fingerprint density at radius 1 is 0.871 bits per heavy atom. The molecule has 1 saturated heterocycles.